The molecule has 3 aromatic carbocycles. The molecule has 3 heterocycles. The van der Waals surface area contributed by atoms with Crippen molar-refractivity contribution < 1.29 is 9.47 Å². The fraction of sp³-hybridized carbons (Fsp3) is 0.240. The predicted molar refractivity (Wildman–Crippen MR) is 127 cm³/mol. The Labute approximate surface area is 191 Å². The van der Waals surface area contributed by atoms with E-state index in [1.807, 2.05) is 36.4 Å². The van der Waals surface area contributed by atoms with Crippen LogP contribution in [0.1, 0.15) is 5.56 Å². The number of nitrogens with one attached hydrogen (secondary N) is 1. The number of nitrogens with zero attached hydrogens (tertiary/aromatic N) is 3. The molecule has 162 valence electrons. The minimum Gasteiger partial charge on any atom is -0.454 e. The smallest absolute Gasteiger partial charge is 0.231 e. The zero-order chi connectivity index (χ0) is 21.5. The maximum Gasteiger partial charge on any atom is 0.231 e. The van der Waals surface area contributed by atoms with Crippen LogP contribution in [-0.4, -0.2) is 47.8 Å². The molecule has 2 aliphatic rings. The molecule has 32 heavy (non-hydrogen) atoms. The minimum absolute atomic E-state index is 0.314. The molecule has 0 saturated carbocycles. The number of hydrogen-bond acceptors (Lipinski definition) is 5. The van der Waals surface area contributed by atoms with Crippen LogP contribution in [0.3, 0.4) is 0 Å². The number of H-pyrrole nitrogens is 1. The van der Waals surface area contributed by atoms with Gasteiger partial charge in [0.25, 0.3) is 0 Å². The van der Waals surface area contributed by atoms with E-state index in [0.717, 1.165) is 66.6 Å². The maximum atomic E-state index is 6.55. The number of piperazine rings is 1. The Balaban J connectivity index is 1.16. The van der Waals surface area contributed by atoms with Crippen molar-refractivity contribution in [2.75, 3.05) is 37.9 Å². The Morgan fingerprint density at radius 1 is 0.906 bits per heavy atom. The van der Waals surface area contributed by atoms with Gasteiger partial charge in [0, 0.05) is 44.0 Å². The van der Waals surface area contributed by atoms with Crippen LogP contribution < -0.4 is 14.4 Å². The first-order chi connectivity index (χ1) is 15.7. The number of hydrogen-bond donors (Lipinski definition) is 1. The predicted octanol–water partition coefficient (Wildman–Crippen LogP) is 4.93. The van der Waals surface area contributed by atoms with Gasteiger partial charge in [-0.1, -0.05) is 29.8 Å². The first-order valence-electron chi connectivity index (χ1n) is 10.8. The highest BCUT2D eigenvalue weighted by atomic mass is 35.5. The minimum atomic E-state index is 0.314. The molecule has 0 aliphatic carbocycles. The molecule has 1 aromatic heterocycles. The Morgan fingerprint density at radius 2 is 1.75 bits per heavy atom. The van der Waals surface area contributed by atoms with E-state index in [1.165, 1.54) is 11.3 Å². The second kappa shape index (κ2) is 8.04. The van der Waals surface area contributed by atoms with Crippen molar-refractivity contribution in [2.24, 2.45) is 0 Å². The topological polar surface area (TPSA) is 53.6 Å². The lowest BCUT2D eigenvalue weighted by Crippen LogP contribution is -2.45. The molecule has 0 spiro atoms. The number of halogens is 1. The highest BCUT2D eigenvalue weighted by molar-refractivity contribution is 6.33. The second-order valence-electron chi connectivity index (χ2n) is 8.22. The average molecular weight is 447 g/mol. The molecule has 0 amide bonds. The van der Waals surface area contributed by atoms with Crippen LogP contribution in [0.5, 0.6) is 11.5 Å². The fourth-order valence-electron chi connectivity index (χ4n) is 4.43. The average Bonchev–Trinajstić information content (AvgIpc) is 3.46. The molecular formula is C25H23ClN4O2. The van der Waals surface area contributed by atoms with Gasteiger partial charge in [0.2, 0.25) is 6.79 Å². The third-order valence-corrected chi connectivity index (χ3v) is 6.50. The third-order valence-electron chi connectivity index (χ3n) is 6.18. The van der Waals surface area contributed by atoms with Crippen LogP contribution in [0.25, 0.3) is 22.4 Å². The molecule has 4 aromatic rings. The van der Waals surface area contributed by atoms with Gasteiger partial charge < -0.3 is 19.4 Å². The Morgan fingerprint density at radius 3 is 2.62 bits per heavy atom. The van der Waals surface area contributed by atoms with Crippen molar-refractivity contribution in [3.05, 3.63) is 71.2 Å². The molecule has 1 fully saturated rings. The van der Waals surface area contributed by atoms with Crippen molar-refractivity contribution in [3.63, 3.8) is 0 Å². The molecule has 6 nitrogen and oxygen atoms in total. The number of ether oxygens (including phenoxy) is 2. The Bertz CT molecular complexity index is 1250. The Hall–Kier alpha value is -3.22. The van der Waals surface area contributed by atoms with Crippen LogP contribution in [0.4, 0.5) is 5.69 Å². The number of rotatable bonds is 4. The van der Waals surface area contributed by atoms with E-state index in [-0.39, 0.29) is 0 Å². The van der Waals surface area contributed by atoms with Gasteiger partial charge in [0.1, 0.15) is 5.82 Å². The molecule has 7 heteroatoms. The van der Waals surface area contributed by atoms with E-state index in [4.69, 9.17) is 26.1 Å². The zero-order valence-electron chi connectivity index (χ0n) is 17.6. The van der Waals surface area contributed by atoms with E-state index < -0.39 is 0 Å². The third kappa shape index (κ3) is 3.66. The summed E-state index contributed by atoms with van der Waals surface area (Å²) in [6.45, 7) is 5.15. The first kappa shape index (κ1) is 19.5. The summed E-state index contributed by atoms with van der Waals surface area (Å²) in [4.78, 5) is 13.0. The SMILES string of the molecule is Clc1ccc(N2CCN(Cc3ccc4c(c3)OCO4)CC2)cc1-c1nc2ccccc2[nH]1. The molecule has 2 aliphatic heterocycles. The van der Waals surface area contributed by atoms with E-state index in [2.05, 4.69) is 39.0 Å². The quantitative estimate of drug-likeness (QED) is 0.481. The van der Waals surface area contributed by atoms with Gasteiger partial charge in [-0.2, -0.15) is 0 Å². The number of aromatic amines is 1. The lowest BCUT2D eigenvalue weighted by molar-refractivity contribution is 0.174. The summed E-state index contributed by atoms with van der Waals surface area (Å²) in [5.74, 6) is 2.49. The zero-order valence-corrected chi connectivity index (χ0v) is 18.3. The molecule has 1 N–H and O–H groups in total. The van der Waals surface area contributed by atoms with Crippen LogP contribution in [0.15, 0.2) is 60.7 Å². The molecule has 1 saturated heterocycles. The summed E-state index contributed by atoms with van der Waals surface area (Å²) in [5.41, 5.74) is 5.32. The van der Waals surface area contributed by atoms with Gasteiger partial charge >= 0.3 is 0 Å². The number of aromatic nitrogens is 2. The van der Waals surface area contributed by atoms with Gasteiger partial charge in [-0.05, 0) is 48.0 Å². The van der Waals surface area contributed by atoms with Crippen LogP contribution in [0, 0.1) is 0 Å². The van der Waals surface area contributed by atoms with Crippen molar-refractivity contribution >= 4 is 28.3 Å². The number of imidazole rings is 1. The van der Waals surface area contributed by atoms with Crippen molar-refractivity contribution in [2.45, 2.75) is 6.54 Å². The summed E-state index contributed by atoms with van der Waals surface area (Å²) >= 11 is 6.55. The normalized spacial score (nSPS) is 16.1. The van der Waals surface area contributed by atoms with Gasteiger partial charge in [-0.15, -0.1) is 0 Å². The summed E-state index contributed by atoms with van der Waals surface area (Å²) < 4.78 is 10.9. The molecular weight excluding hydrogens is 424 g/mol. The molecule has 0 unspecified atom stereocenters. The van der Waals surface area contributed by atoms with Crippen LogP contribution in [0.2, 0.25) is 5.02 Å². The molecule has 0 bridgehead atoms. The summed E-state index contributed by atoms with van der Waals surface area (Å²) in [7, 11) is 0. The number of benzene rings is 3. The van der Waals surface area contributed by atoms with Crippen molar-refractivity contribution in [1.29, 1.82) is 0 Å². The number of fused-ring (bicyclic) bond motifs is 2. The maximum absolute atomic E-state index is 6.55. The monoisotopic (exact) mass is 446 g/mol. The van der Waals surface area contributed by atoms with Gasteiger partial charge in [0.05, 0.1) is 16.1 Å². The van der Waals surface area contributed by atoms with E-state index in [0.29, 0.717) is 11.8 Å². The Kier molecular flexibility index (Phi) is 4.89. The van der Waals surface area contributed by atoms with E-state index >= 15 is 0 Å². The van der Waals surface area contributed by atoms with Gasteiger partial charge in [-0.25, -0.2) is 4.98 Å². The summed E-state index contributed by atoms with van der Waals surface area (Å²) in [5, 5.41) is 0.703. The van der Waals surface area contributed by atoms with Gasteiger partial charge in [0.15, 0.2) is 11.5 Å². The molecule has 0 atom stereocenters. The lowest BCUT2D eigenvalue weighted by atomic mass is 10.1. The summed E-state index contributed by atoms with van der Waals surface area (Å²) in [6, 6.07) is 20.5. The van der Waals surface area contributed by atoms with Crippen molar-refractivity contribution in [3.8, 4) is 22.9 Å². The second-order valence-corrected chi connectivity index (χ2v) is 8.62. The number of anilines is 1. The summed E-state index contributed by atoms with van der Waals surface area (Å²) in [6.07, 6.45) is 0. The first-order valence-corrected chi connectivity index (χ1v) is 11.2. The molecule has 6 rings (SSSR count). The van der Waals surface area contributed by atoms with Crippen LogP contribution >= 0.6 is 11.6 Å². The largest absolute Gasteiger partial charge is 0.454 e. The highest BCUT2D eigenvalue weighted by Gasteiger charge is 2.20. The van der Waals surface area contributed by atoms with E-state index in [1.54, 1.807) is 0 Å². The fourth-order valence-corrected chi connectivity index (χ4v) is 4.64. The molecule has 0 radical (unpaired) electrons. The van der Waals surface area contributed by atoms with Gasteiger partial charge in [-0.3, -0.25) is 4.90 Å². The number of para-hydroxylation sites is 2. The lowest BCUT2D eigenvalue weighted by Gasteiger charge is -2.36. The van der Waals surface area contributed by atoms with Crippen LogP contribution in [-0.2, 0) is 6.54 Å². The van der Waals surface area contributed by atoms with Crippen molar-refractivity contribution in [1.82, 2.24) is 14.9 Å². The van der Waals surface area contributed by atoms with E-state index in [9.17, 15) is 0 Å². The highest BCUT2D eigenvalue weighted by Crippen LogP contribution is 2.34. The standard InChI is InChI=1S/C25H23ClN4O2/c26-20-7-6-18(14-19(20)25-27-21-3-1-2-4-22(21)28-25)30-11-9-29(10-12-30)15-17-5-8-23-24(13-17)32-16-31-23/h1-8,13-14H,9-12,15-16H2,(H,27,28).